The highest BCUT2D eigenvalue weighted by molar-refractivity contribution is 5.44. The van der Waals surface area contributed by atoms with E-state index in [4.69, 9.17) is 4.74 Å². The van der Waals surface area contributed by atoms with E-state index < -0.39 is 0 Å². The predicted molar refractivity (Wildman–Crippen MR) is 89.0 cm³/mol. The highest BCUT2D eigenvalue weighted by Crippen LogP contribution is 2.31. The number of benzene rings is 2. The minimum atomic E-state index is 0.167. The fourth-order valence-corrected chi connectivity index (χ4v) is 2.53. The van der Waals surface area contributed by atoms with Gasteiger partial charge in [0, 0.05) is 5.56 Å². The van der Waals surface area contributed by atoms with Crippen molar-refractivity contribution in [2.24, 2.45) is 0 Å². The predicted octanol–water partition coefficient (Wildman–Crippen LogP) is 4.40. The summed E-state index contributed by atoms with van der Waals surface area (Å²) in [6, 6.07) is 15.3. The quantitative estimate of drug-likeness (QED) is 0.848. The number of hydrogen-bond acceptors (Lipinski definition) is 2. The molecule has 0 aliphatic carbocycles. The van der Waals surface area contributed by atoms with E-state index in [1.54, 1.807) is 7.11 Å². The Bertz CT molecular complexity index is 575. The maximum atomic E-state index is 5.57. The van der Waals surface area contributed by atoms with Crippen molar-refractivity contribution < 1.29 is 4.74 Å². The highest BCUT2D eigenvalue weighted by atomic mass is 16.5. The van der Waals surface area contributed by atoms with Crippen LogP contribution in [0.2, 0.25) is 0 Å². The van der Waals surface area contributed by atoms with Gasteiger partial charge in [-0.3, -0.25) is 0 Å². The van der Waals surface area contributed by atoms with Crippen LogP contribution in [0.1, 0.15) is 41.6 Å². The van der Waals surface area contributed by atoms with Crippen molar-refractivity contribution in [3.8, 4) is 5.75 Å². The average Bonchev–Trinajstić information content (AvgIpc) is 2.49. The van der Waals surface area contributed by atoms with Crippen LogP contribution in [-0.4, -0.2) is 13.7 Å². The molecule has 2 aromatic carbocycles. The Morgan fingerprint density at radius 2 is 1.67 bits per heavy atom. The molecule has 112 valence electrons. The van der Waals surface area contributed by atoms with E-state index in [0.29, 0.717) is 0 Å². The van der Waals surface area contributed by atoms with Gasteiger partial charge in [-0.25, -0.2) is 0 Å². The van der Waals surface area contributed by atoms with Gasteiger partial charge >= 0.3 is 0 Å². The molecule has 0 amide bonds. The summed E-state index contributed by atoms with van der Waals surface area (Å²) in [5, 5.41) is 3.64. The van der Waals surface area contributed by atoms with Gasteiger partial charge in [-0.15, -0.1) is 0 Å². The zero-order chi connectivity index (χ0) is 15.2. The van der Waals surface area contributed by atoms with Crippen LogP contribution in [0.5, 0.6) is 5.75 Å². The summed E-state index contributed by atoms with van der Waals surface area (Å²) in [5.74, 6) is 0.940. The Labute approximate surface area is 128 Å². The minimum absolute atomic E-state index is 0.167. The van der Waals surface area contributed by atoms with Gasteiger partial charge in [0.2, 0.25) is 0 Å². The van der Waals surface area contributed by atoms with E-state index in [2.05, 4.69) is 68.6 Å². The third-order valence-electron chi connectivity index (χ3n) is 3.71. The minimum Gasteiger partial charge on any atom is -0.496 e. The van der Waals surface area contributed by atoms with Gasteiger partial charge in [0.1, 0.15) is 5.75 Å². The SMILES string of the molecule is CCCNC(c1ccc(C)cc1)c1cc(C)ccc1OC. The fraction of sp³-hybridized carbons (Fsp3) is 0.368. The van der Waals surface area contributed by atoms with Crippen LogP contribution in [0.4, 0.5) is 0 Å². The normalized spacial score (nSPS) is 12.2. The molecule has 0 saturated heterocycles. The molecule has 0 bridgehead atoms. The molecule has 1 atom stereocenters. The van der Waals surface area contributed by atoms with Crippen LogP contribution in [0.3, 0.4) is 0 Å². The number of ether oxygens (including phenoxy) is 1. The second-order valence-electron chi connectivity index (χ2n) is 5.54. The Kier molecular flexibility index (Phi) is 5.40. The van der Waals surface area contributed by atoms with Crippen LogP contribution >= 0.6 is 0 Å². The molecule has 0 saturated carbocycles. The zero-order valence-corrected chi connectivity index (χ0v) is 13.4. The number of methoxy groups -OCH3 is 1. The van der Waals surface area contributed by atoms with Crippen molar-refractivity contribution in [3.63, 3.8) is 0 Å². The lowest BCUT2D eigenvalue weighted by molar-refractivity contribution is 0.403. The van der Waals surface area contributed by atoms with Gasteiger partial charge in [-0.2, -0.15) is 0 Å². The lowest BCUT2D eigenvalue weighted by atomic mass is 9.95. The average molecular weight is 283 g/mol. The van der Waals surface area contributed by atoms with Crippen LogP contribution < -0.4 is 10.1 Å². The monoisotopic (exact) mass is 283 g/mol. The smallest absolute Gasteiger partial charge is 0.123 e. The molecule has 0 spiro atoms. The molecule has 0 aromatic heterocycles. The summed E-state index contributed by atoms with van der Waals surface area (Å²) in [6.07, 6.45) is 1.11. The molecule has 2 rings (SSSR count). The third kappa shape index (κ3) is 3.85. The van der Waals surface area contributed by atoms with Crippen LogP contribution in [0.15, 0.2) is 42.5 Å². The largest absolute Gasteiger partial charge is 0.496 e. The number of nitrogens with one attached hydrogen (secondary N) is 1. The summed E-state index contributed by atoms with van der Waals surface area (Å²) in [6.45, 7) is 7.41. The van der Waals surface area contributed by atoms with Gasteiger partial charge in [-0.1, -0.05) is 54.4 Å². The highest BCUT2D eigenvalue weighted by Gasteiger charge is 2.17. The van der Waals surface area contributed by atoms with E-state index in [1.165, 1.54) is 22.3 Å². The second-order valence-corrected chi connectivity index (χ2v) is 5.54. The number of aryl methyl sites for hydroxylation is 2. The second kappa shape index (κ2) is 7.28. The molecular weight excluding hydrogens is 258 g/mol. The van der Waals surface area contributed by atoms with E-state index in [9.17, 15) is 0 Å². The molecule has 0 aliphatic heterocycles. The lowest BCUT2D eigenvalue weighted by Crippen LogP contribution is -2.23. The Morgan fingerprint density at radius 3 is 2.29 bits per heavy atom. The molecule has 0 aliphatic rings. The van der Waals surface area contributed by atoms with Crippen molar-refractivity contribution in [2.75, 3.05) is 13.7 Å². The molecule has 2 heteroatoms. The van der Waals surface area contributed by atoms with Crippen molar-refractivity contribution in [2.45, 2.75) is 33.2 Å². The van der Waals surface area contributed by atoms with Gasteiger partial charge in [0.25, 0.3) is 0 Å². The zero-order valence-electron chi connectivity index (χ0n) is 13.4. The summed E-state index contributed by atoms with van der Waals surface area (Å²) in [7, 11) is 1.74. The van der Waals surface area contributed by atoms with Crippen molar-refractivity contribution in [1.82, 2.24) is 5.32 Å². The molecule has 0 heterocycles. The first-order valence-electron chi connectivity index (χ1n) is 7.60. The van der Waals surface area contributed by atoms with Gasteiger partial charge in [0.15, 0.2) is 0 Å². The molecule has 0 radical (unpaired) electrons. The van der Waals surface area contributed by atoms with Crippen molar-refractivity contribution in [1.29, 1.82) is 0 Å². The first-order valence-corrected chi connectivity index (χ1v) is 7.60. The summed E-state index contributed by atoms with van der Waals surface area (Å²) >= 11 is 0. The summed E-state index contributed by atoms with van der Waals surface area (Å²) in [5.41, 5.74) is 5.01. The maximum absolute atomic E-state index is 5.57. The summed E-state index contributed by atoms with van der Waals surface area (Å²) < 4.78 is 5.57. The molecule has 21 heavy (non-hydrogen) atoms. The first kappa shape index (κ1) is 15.6. The van der Waals surface area contributed by atoms with E-state index >= 15 is 0 Å². The van der Waals surface area contributed by atoms with Gasteiger partial charge < -0.3 is 10.1 Å². The molecule has 1 unspecified atom stereocenters. The Morgan fingerprint density at radius 1 is 1.00 bits per heavy atom. The molecule has 1 N–H and O–H groups in total. The molecule has 2 aromatic rings. The lowest BCUT2D eigenvalue weighted by Gasteiger charge is -2.22. The van der Waals surface area contributed by atoms with E-state index in [-0.39, 0.29) is 6.04 Å². The van der Waals surface area contributed by atoms with E-state index in [0.717, 1.165) is 18.7 Å². The molecule has 0 fully saturated rings. The topological polar surface area (TPSA) is 21.3 Å². The number of rotatable bonds is 6. The molecular formula is C19H25NO. The fourth-order valence-electron chi connectivity index (χ4n) is 2.53. The van der Waals surface area contributed by atoms with Gasteiger partial charge in [-0.05, 0) is 38.4 Å². The maximum Gasteiger partial charge on any atom is 0.123 e. The van der Waals surface area contributed by atoms with Crippen LogP contribution in [-0.2, 0) is 0 Å². The van der Waals surface area contributed by atoms with Gasteiger partial charge in [0.05, 0.1) is 13.2 Å². The Balaban J connectivity index is 2.44. The standard InChI is InChI=1S/C19H25NO/c1-5-12-20-19(16-9-6-14(2)7-10-16)17-13-15(3)8-11-18(17)21-4/h6-11,13,19-20H,5,12H2,1-4H3. The summed E-state index contributed by atoms with van der Waals surface area (Å²) in [4.78, 5) is 0. The number of hydrogen-bond donors (Lipinski definition) is 1. The first-order chi connectivity index (χ1) is 10.2. The van der Waals surface area contributed by atoms with Crippen molar-refractivity contribution >= 4 is 0 Å². The van der Waals surface area contributed by atoms with Crippen LogP contribution in [0, 0.1) is 13.8 Å². The third-order valence-corrected chi connectivity index (χ3v) is 3.71. The molecule has 2 nitrogen and oxygen atoms in total. The van der Waals surface area contributed by atoms with E-state index in [1.807, 2.05) is 0 Å². The van der Waals surface area contributed by atoms with Crippen molar-refractivity contribution in [3.05, 3.63) is 64.7 Å². The Hall–Kier alpha value is -1.80. The van der Waals surface area contributed by atoms with Crippen LogP contribution in [0.25, 0.3) is 0 Å².